The molecule has 1 N–H and O–H groups in total. The van der Waals surface area contributed by atoms with Crippen molar-refractivity contribution in [3.63, 3.8) is 0 Å². The van der Waals surface area contributed by atoms with Crippen molar-refractivity contribution in [3.8, 4) is 5.75 Å². The molecule has 0 fully saturated rings. The molecule has 0 bridgehead atoms. The summed E-state index contributed by atoms with van der Waals surface area (Å²) < 4.78 is 5.19. The SMILES string of the molecule is CCNC(C)C(C)(C)CN(C)c1ccc(OC)cc1. The van der Waals surface area contributed by atoms with Crippen LogP contribution in [-0.2, 0) is 0 Å². The van der Waals surface area contributed by atoms with Crippen LogP contribution >= 0.6 is 0 Å². The molecule has 1 unspecified atom stereocenters. The van der Waals surface area contributed by atoms with Gasteiger partial charge in [0.2, 0.25) is 0 Å². The van der Waals surface area contributed by atoms with Crippen LogP contribution in [-0.4, -0.2) is 33.3 Å². The Bertz CT molecular complexity index is 373. The lowest BCUT2D eigenvalue weighted by molar-refractivity contribution is 0.266. The first-order chi connectivity index (χ1) is 8.90. The van der Waals surface area contributed by atoms with E-state index >= 15 is 0 Å². The van der Waals surface area contributed by atoms with Crippen molar-refractivity contribution in [1.29, 1.82) is 0 Å². The lowest BCUT2D eigenvalue weighted by atomic mass is 9.84. The molecule has 0 aliphatic heterocycles. The quantitative estimate of drug-likeness (QED) is 0.818. The van der Waals surface area contributed by atoms with Crippen LogP contribution in [0.15, 0.2) is 24.3 Å². The topological polar surface area (TPSA) is 24.5 Å². The van der Waals surface area contributed by atoms with Gasteiger partial charge >= 0.3 is 0 Å². The van der Waals surface area contributed by atoms with Gasteiger partial charge in [0.1, 0.15) is 5.75 Å². The number of rotatable bonds is 7. The Kier molecular flexibility index (Phi) is 5.67. The zero-order valence-corrected chi connectivity index (χ0v) is 13.2. The van der Waals surface area contributed by atoms with Crippen LogP contribution in [0.5, 0.6) is 5.75 Å². The maximum atomic E-state index is 5.19. The Hall–Kier alpha value is -1.22. The van der Waals surface area contributed by atoms with E-state index in [0.29, 0.717) is 6.04 Å². The number of nitrogens with one attached hydrogen (secondary N) is 1. The van der Waals surface area contributed by atoms with E-state index in [0.717, 1.165) is 18.8 Å². The van der Waals surface area contributed by atoms with E-state index in [1.54, 1.807) is 7.11 Å². The smallest absolute Gasteiger partial charge is 0.119 e. The van der Waals surface area contributed by atoms with Gasteiger partial charge in [-0.25, -0.2) is 0 Å². The lowest BCUT2D eigenvalue weighted by Crippen LogP contribution is -2.46. The Morgan fingerprint density at radius 2 is 1.84 bits per heavy atom. The monoisotopic (exact) mass is 264 g/mol. The van der Waals surface area contributed by atoms with E-state index in [1.807, 2.05) is 12.1 Å². The number of anilines is 1. The second-order valence-electron chi connectivity index (χ2n) is 5.82. The summed E-state index contributed by atoms with van der Waals surface area (Å²) in [5, 5.41) is 3.51. The van der Waals surface area contributed by atoms with Crippen molar-refractivity contribution in [2.45, 2.75) is 33.7 Å². The highest BCUT2D eigenvalue weighted by molar-refractivity contribution is 5.48. The summed E-state index contributed by atoms with van der Waals surface area (Å²) in [5.74, 6) is 0.900. The van der Waals surface area contributed by atoms with Crippen molar-refractivity contribution in [2.24, 2.45) is 5.41 Å². The van der Waals surface area contributed by atoms with Crippen LogP contribution in [0.25, 0.3) is 0 Å². The number of nitrogens with zero attached hydrogens (tertiary/aromatic N) is 1. The third-order valence-corrected chi connectivity index (χ3v) is 3.84. The Balaban J connectivity index is 2.69. The molecule has 0 spiro atoms. The van der Waals surface area contributed by atoms with Gasteiger partial charge in [-0.05, 0) is 43.1 Å². The number of ether oxygens (including phenoxy) is 1. The highest BCUT2D eigenvalue weighted by Gasteiger charge is 2.26. The summed E-state index contributed by atoms with van der Waals surface area (Å²) in [5.41, 5.74) is 1.43. The van der Waals surface area contributed by atoms with E-state index in [4.69, 9.17) is 4.74 Å². The van der Waals surface area contributed by atoms with Gasteiger partial charge in [-0.15, -0.1) is 0 Å². The number of methoxy groups -OCH3 is 1. The largest absolute Gasteiger partial charge is 0.497 e. The number of hydrogen-bond acceptors (Lipinski definition) is 3. The van der Waals surface area contributed by atoms with Crippen LogP contribution in [0.4, 0.5) is 5.69 Å². The molecule has 1 atom stereocenters. The van der Waals surface area contributed by atoms with Crippen LogP contribution in [0.1, 0.15) is 27.7 Å². The van der Waals surface area contributed by atoms with Gasteiger partial charge < -0.3 is 15.0 Å². The normalized spacial score (nSPS) is 13.2. The first-order valence-electron chi connectivity index (χ1n) is 6.99. The molecule has 3 nitrogen and oxygen atoms in total. The number of benzene rings is 1. The predicted molar refractivity (Wildman–Crippen MR) is 83.2 cm³/mol. The molecule has 1 aromatic carbocycles. The molecule has 0 aliphatic carbocycles. The molecule has 19 heavy (non-hydrogen) atoms. The highest BCUT2D eigenvalue weighted by atomic mass is 16.5. The Labute approximate surface area is 118 Å². The van der Waals surface area contributed by atoms with E-state index in [1.165, 1.54) is 5.69 Å². The van der Waals surface area contributed by atoms with E-state index in [-0.39, 0.29) is 5.41 Å². The van der Waals surface area contributed by atoms with E-state index in [2.05, 4.69) is 57.1 Å². The number of hydrogen-bond donors (Lipinski definition) is 1. The molecule has 0 heterocycles. The molecule has 0 radical (unpaired) electrons. The van der Waals surface area contributed by atoms with Crippen molar-refractivity contribution < 1.29 is 4.74 Å². The summed E-state index contributed by atoms with van der Waals surface area (Å²) in [6.45, 7) is 11.0. The van der Waals surface area contributed by atoms with Gasteiger partial charge in [-0.2, -0.15) is 0 Å². The Morgan fingerprint density at radius 3 is 2.32 bits per heavy atom. The van der Waals surface area contributed by atoms with Gasteiger partial charge in [0, 0.05) is 25.3 Å². The zero-order chi connectivity index (χ0) is 14.5. The Morgan fingerprint density at radius 1 is 1.26 bits per heavy atom. The van der Waals surface area contributed by atoms with Gasteiger partial charge in [0.25, 0.3) is 0 Å². The van der Waals surface area contributed by atoms with Crippen molar-refractivity contribution >= 4 is 5.69 Å². The minimum absolute atomic E-state index is 0.213. The fourth-order valence-corrected chi connectivity index (χ4v) is 2.26. The van der Waals surface area contributed by atoms with E-state index in [9.17, 15) is 0 Å². The standard InChI is InChI=1S/C16H28N2O/c1-7-17-13(2)16(3,4)12-18(5)14-8-10-15(19-6)11-9-14/h8-11,13,17H,7,12H2,1-6H3. The highest BCUT2D eigenvalue weighted by Crippen LogP contribution is 2.25. The third-order valence-electron chi connectivity index (χ3n) is 3.84. The summed E-state index contributed by atoms with van der Waals surface area (Å²) in [4.78, 5) is 2.30. The minimum Gasteiger partial charge on any atom is -0.497 e. The summed E-state index contributed by atoms with van der Waals surface area (Å²) >= 11 is 0. The second-order valence-corrected chi connectivity index (χ2v) is 5.82. The molecular formula is C16H28N2O. The van der Waals surface area contributed by atoms with Crippen LogP contribution in [0.2, 0.25) is 0 Å². The van der Waals surface area contributed by atoms with Crippen molar-refractivity contribution in [3.05, 3.63) is 24.3 Å². The van der Waals surface area contributed by atoms with Gasteiger partial charge in [0.05, 0.1) is 7.11 Å². The molecule has 0 aliphatic rings. The van der Waals surface area contributed by atoms with Crippen LogP contribution in [0.3, 0.4) is 0 Å². The molecule has 0 saturated carbocycles. The average Bonchev–Trinajstić information content (AvgIpc) is 2.38. The maximum absolute atomic E-state index is 5.19. The molecule has 1 aromatic rings. The minimum atomic E-state index is 0.213. The first kappa shape index (κ1) is 15.8. The summed E-state index contributed by atoms with van der Waals surface area (Å²) in [6.07, 6.45) is 0. The molecule has 108 valence electrons. The van der Waals surface area contributed by atoms with Gasteiger partial charge in [0.15, 0.2) is 0 Å². The fraction of sp³-hybridized carbons (Fsp3) is 0.625. The average molecular weight is 264 g/mol. The van der Waals surface area contributed by atoms with Crippen LogP contribution in [0, 0.1) is 5.41 Å². The molecule has 3 heteroatoms. The maximum Gasteiger partial charge on any atom is 0.119 e. The first-order valence-corrected chi connectivity index (χ1v) is 6.99. The molecule has 0 aromatic heterocycles. The predicted octanol–water partition coefficient (Wildman–Crippen LogP) is 3.16. The van der Waals surface area contributed by atoms with Gasteiger partial charge in [-0.3, -0.25) is 0 Å². The van der Waals surface area contributed by atoms with Crippen molar-refractivity contribution in [1.82, 2.24) is 5.32 Å². The summed E-state index contributed by atoms with van der Waals surface area (Å²) in [7, 11) is 3.84. The molecular weight excluding hydrogens is 236 g/mol. The molecule has 0 amide bonds. The van der Waals surface area contributed by atoms with Crippen LogP contribution < -0.4 is 15.0 Å². The second kappa shape index (κ2) is 6.80. The molecule has 1 rings (SSSR count). The lowest BCUT2D eigenvalue weighted by Gasteiger charge is -2.37. The third kappa shape index (κ3) is 4.43. The molecule has 0 saturated heterocycles. The summed E-state index contributed by atoms with van der Waals surface area (Å²) in [6, 6.07) is 8.71. The fourth-order valence-electron chi connectivity index (χ4n) is 2.26. The van der Waals surface area contributed by atoms with Gasteiger partial charge in [-0.1, -0.05) is 20.8 Å². The van der Waals surface area contributed by atoms with E-state index < -0.39 is 0 Å². The zero-order valence-electron chi connectivity index (χ0n) is 13.2. The van der Waals surface area contributed by atoms with Crippen molar-refractivity contribution in [2.75, 3.05) is 32.1 Å².